The molecular formula is C18H23N3O2. The first-order chi connectivity index (χ1) is 11.3. The van der Waals surface area contributed by atoms with Gasteiger partial charge in [0, 0.05) is 36.1 Å². The number of nitrogens with one attached hydrogen (secondary N) is 1. The first-order valence-corrected chi connectivity index (χ1v) is 8.06. The van der Waals surface area contributed by atoms with Gasteiger partial charge in [-0.25, -0.2) is 5.48 Å². The lowest BCUT2D eigenvalue weighted by Crippen LogP contribution is -2.17. The Bertz CT molecular complexity index is 536. The zero-order chi connectivity index (χ0) is 16.3. The maximum Gasteiger partial charge on any atom is 0.243 e. The number of unbranched alkanes of at least 4 members (excludes halogenated alkanes) is 3. The van der Waals surface area contributed by atoms with Gasteiger partial charge >= 0.3 is 0 Å². The van der Waals surface area contributed by atoms with E-state index < -0.39 is 0 Å². The van der Waals surface area contributed by atoms with Crippen LogP contribution in [0, 0.1) is 0 Å². The molecule has 0 fully saturated rings. The van der Waals surface area contributed by atoms with Crippen LogP contribution in [0.15, 0.2) is 48.8 Å². The second kappa shape index (κ2) is 9.69. The molecule has 0 saturated heterocycles. The molecule has 0 unspecified atom stereocenters. The molecular weight excluding hydrogens is 290 g/mol. The maximum atomic E-state index is 10.9. The number of carbonyl (C=O) groups is 1. The number of pyridine rings is 2. The average molecular weight is 313 g/mol. The molecule has 2 aromatic rings. The van der Waals surface area contributed by atoms with Crippen molar-refractivity contribution in [3.63, 3.8) is 0 Å². The van der Waals surface area contributed by atoms with E-state index in [-0.39, 0.29) is 11.8 Å². The second-order valence-electron chi connectivity index (χ2n) is 5.55. The lowest BCUT2D eigenvalue weighted by Gasteiger charge is -2.15. The summed E-state index contributed by atoms with van der Waals surface area (Å²) < 4.78 is 0. The molecule has 0 bridgehead atoms. The Morgan fingerprint density at radius 2 is 1.57 bits per heavy atom. The summed E-state index contributed by atoms with van der Waals surface area (Å²) in [5.41, 5.74) is 3.76. The van der Waals surface area contributed by atoms with Crippen LogP contribution >= 0.6 is 0 Å². The number of amides is 1. The van der Waals surface area contributed by atoms with Crippen LogP contribution in [0.3, 0.4) is 0 Å². The van der Waals surface area contributed by atoms with Crippen molar-refractivity contribution in [3.05, 3.63) is 60.2 Å². The third-order valence-corrected chi connectivity index (χ3v) is 3.86. The molecule has 23 heavy (non-hydrogen) atoms. The van der Waals surface area contributed by atoms with E-state index in [1.54, 1.807) is 5.48 Å². The monoisotopic (exact) mass is 313 g/mol. The summed E-state index contributed by atoms with van der Waals surface area (Å²) in [5.74, 6) is -0.108. The summed E-state index contributed by atoms with van der Waals surface area (Å²) in [4.78, 5) is 19.9. The third kappa shape index (κ3) is 5.79. The average Bonchev–Trinajstić information content (AvgIpc) is 2.62. The van der Waals surface area contributed by atoms with Crippen LogP contribution in [-0.2, 0) is 4.79 Å². The number of carbonyl (C=O) groups excluding carboxylic acids is 1. The minimum Gasteiger partial charge on any atom is -0.289 e. The fraction of sp³-hybridized carbons (Fsp3) is 0.389. The zero-order valence-corrected chi connectivity index (χ0v) is 13.2. The molecule has 2 heterocycles. The lowest BCUT2D eigenvalue weighted by molar-refractivity contribution is -0.129. The van der Waals surface area contributed by atoms with Crippen molar-refractivity contribution in [1.82, 2.24) is 15.4 Å². The molecule has 2 rings (SSSR count). The number of aromatic nitrogens is 2. The molecule has 0 radical (unpaired) electrons. The molecule has 0 aliphatic rings. The van der Waals surface area contributed by atoms with Crippen molar-refractivity contribution in [3.8, 4) is 0 Å². The Balaban J connectivity index is 1.86. The van der Waals surface area contributed by atoms with E-state index in [9.17, 15) is 4.79 Å². The summed E-state index contributed by atoms with van der Waals surface area (Å²) in [6, 6.07) is 11.9. The van der Waals surface area contributed by atoms with E-state index in [0.29, 0.717) is 6.42 Å². The Kier molecular flexibility index (Phi) is 7.20. The number of hydrogen-bond donors (Lipinski definition) is 2. The van der Waals surface area contributed by atoms with Gasteiger partial charge in [-0.15, -0.1) is 0 Å². The number of rotatable bonds is 9. The smallest absolute Gasteiger partial charge is 0.243 e. The van der Waals surface area contributed by atoms with E-state index in [2.05, 4.69) is 9.97 Å². The van der Waals surface area contributed by atoms with Crippen molar-refractivity contribution in [1.29, 1.82) is 0 Å². The summed E-state index contributed by atoms with van der Waals surface area (Å²) >= 11 is 0. The molecule has 5 nitrogen and oxygen atoms in total. The Hall–Kier alpha value is -2.27. The van der Waals surface area contributed by atoms with Gasteiger partial charge in [-0.1, -0.05) is 31.4 Å². The highest BCUT2D eigenvalue weighted by molar-refractivity contribution is 5.74. The summed E-state index contributed by atoms with van der Waals surface area (Å²) in [5, 5.41) is 8.45. The van der Waals surface area contributed by atoms with E-state index in [1.807, 2.05) is 48.8 Å². The van der Waals surface area contributed by atoms with Gasteiger partial charge < -0.3 is 0 Å². The number of nitrogens with zero attached hydrogens (tertiary/aromatic N) is 2. The maximum absolute atomic E-state index is 10.9. The minimum atomic E-state index is -0.315. The van der Waals surface area contributed by atoms with Crippen LogP contribution in [-0.4, -0.2) is 21.1 Å². The second-order valence-corrected chi connectivity index (χ2v) is 5.55. The molecule has 2 aromatic heterocycles. The van der Waals surface area contributed by atoms with Crippen LogP contribution in [0.1, 0.15) is 55.8 Å². The molecule has 0 aliphatic carbocycles. The van der Waals surface area contributed by atoms with Crippen molar-refractivity contribution >= 4 is 5.91 Å². The van der Waals surface area contributed by atoms with Gasteiger partial charge in [0.2, 0.25) is 5.91 Å². The molecule has 0 atom stereocenters. The lowest BCUT2D eigenvalue weighted by atomic mass is 9.93. The van der Waals surface area contributed by atoms with Gasteiger partial charge in [0.05, 0.1) is 0 Å². The highest BCUT2D eigenvalue weighted by atomic mass is 16.5. The van der Waals surface area contributed by atoms with E-state index in [4.69, 9.17) is 5.21 Å². The van der Waals surface area contributed by atoms with Gasteiger partial charge in [0.1, 0.15) is 0 Å². The van der Waals surface area contributed by atoms with E-state index >= 15 is 0 Å². The Morgan fingerprint density at radius 1 is 0.957 bits per heavy atom. The molecule has 0 spiro atoms. The first kappa shape index (κ1) is 17.1. The first-order valence-electron chi connectivity index (χ1n) is 8.06. The largest absolute Gasteiger partial charge is 0.289 e. The summed E-state index contributed by atoms with van der Waals surface area (Å²) in [7, 11) is 0. The number of hydrogen-bond acceptors (Lipinski definition) is 4. The van der Waals surface area contributed by atoms with Gasteiger partial charge in [-0.3, -0.25) is 20.0 Å². The molecule has 0 saturated carbocycles. The fourth-order valence-corrected chi connectivity index (χ4v) is 2.65. The zero-order valence-electron chi connectivity index (χ0n) is 13.2. The van der Waals surface area contributed by atoms with Crippen molar-refractivity contribution in [2.24, 2.45) is 0 Å². The highest BCUT2D eigenvalue weighted by Crippen LogP contribution is 2.27. The van der Waals surface area contributed by atoms with Crippen LogP contribution in [0.4, 0.5) is 0 Å². The van der Waals surface area contributed by atoms with Gasteiger partial charge in [0.25, 0.3) is 0 Å². The minimum absolute atomic E-state index is 0.207. The normalized spacial score (nSPS) is 10.7. The Morgan fingerprint density at radius 3 is 2.09 bits per heavy atom. The molecule has 2 N–H and O–H groups in total. The topological polar surface area (TPSA) is 75.1 Å². The van der Waals surface area contributed by atoms with Crippen molar-refractivity contribution < 1.29 is 10.0 Å². The summed E-state index contributed by atoms with van der Waals surface area (Å²) in [6.45, 7) is 0. The molecule has 1 amide bonds. The van der Waals surface area contributed by atoms with Gasteiger partial charge in [-0.2, -0.15) is 0 Å². The molecule has 0 aromatic carbocycles. The molecule has 5 heteroatoms. The van der Waals surface area contributed by atoms with Crippen LogP contribution in [0.5, 0.6) is 0 Å². The van der Waals surface area contributed by atoms with Gasteiger partial charge in [-0.05, 0) is 37.1 Å². The fourth-order valence-electron chi connectivity index (χ4n) is 2.65. The molecule has 0 aliphatic heterocycles. The third-order valence-electron chi connectivity index (χ3n) is 3.86. The number of hydroxylamine groups is 1. The Labute approximate surface area is 136 Å². The highest BCUT2D eigenvalue weighted by Gasteiger charge is 2.16. The van der Waals surface area contributed by atoms with E-state index in [0.717, 1.165) is 43.5 Å². The summed E-state index contributed by atoms with van der Waals surface area (Å²) in [6.07, 6.45) is 8.88. The molecule has 122 valence electrons. The van der Waals surface area contributed by atoms with E-state index in [1.165, 1.54) is 0 Å². The van der Waals surface area contributed by atoms with Crippen LogP contribution in [0.25, 0.3) is 0 Å². The predicted molar refractivity (Wildman–Crippen MR) is 87.9 cm³/mol. The standard InChI is InChI=1S/C18H23N3O2/c22-18(21-23)12-4-2-1-3-9-15(16-10-5-7-13-19-16)17-11-6-8-14-20-17/h5-8,10-11,13-15,23H,1-4,9,12H2,(H,21,22). The predicted octanol–water partition coefficient (Wildman–Crippen LogP) is 3.45. The SMILES string of the molecule is O=C(CCCCCCC(c1ccccn1)c1ccccn1)NO. The van der Waals surface area contributed by atoms with Crippen LogP contribution in [0.2, 0.25) is 0 Å². The van der Waals surface area contributed by atoms with Crippen molar-refractivity contribution in [2.45, 2.75) is 44.4 Å². The van der Waals surface area contributed by atoms with Crippen molar-refractivity contribution in [2.75, 3.05) is 0 Å². The van der Waals surface area contributed by atoms with Crippen LogP contribution < -0.4 is 5.48 Å². The quantitative estimate of drug-likeness (QED) is 0.422. The van der Waals surface area contributed by atoms with Gasteiger partial charge in [0.15, 0.2) is 0 Å².